The molecule has 1 aliphatic heterocycles. The molecule has 6 heteroatoms. The summed E-state index contributed by atoms with van der Waals surface area (Å²) in [5.41, 5.74) is 3.20. The number of nitrogens with zero attached hydrogens (tertiary/aromatic N) is 4. The molecule has 170 valence electrons. The van der Waals surface area contributed by atoms with Crippen LogP contribution in [0, 0.1) is 17.2 Å². The number of anilines is 1. The highest BCUT2D eigenvalue weighted by atomic mass is 16.5. The van der Waals surface area contributed by atoms with Gasteiger partial charge in [0.05, 0.1) is 23.7 Å². The molecular weight excluding hydrogens is 412 g/mol. The number of esters is 1. The molecule has 0 amide bonds. The van der Waals surface area contributed by atoms with E-state index in [1.54, 1.807) is 0 Å². The van der Waals surface area contributed by atoms with Crippen LogP contribution < -0.4 is 4.90 Å². The SMILES string of the molecule is CCCCOC(=O)[C@H](C#N)c1nc2ccccc2nc1N1CCC(Cc2ccccc2)CC1. The Morgan fingerprint density at radius 2 is 1.76 bits per heavy atom. The fourth-order valence-corrected chi connectivity index (χ4v) is 4.35. The summed E-state index contributed by atoms with van der Waals surface area (Å²) in [6, 6.07) is 20.3. The van der Waals surface area contributed by atoms with Gasteiger partial charge in [-0.2, -0.15) is 5.26 Å². The minimum absolute atomic E-state index is 0.314. The van der Waals surface area contributed by atoms with E-state index >= 15 is 0 Å². The van der Waals surface area contributed by atoms with Gasteiger partial charge in [-0.25, -0.2) is 9.97 Å². The van der Waals surface area contributed by atoms with Crippen molar-refractivity contribution in [1.29, 1.82) is 5.26 Å². The highest BCUT2D eigenvalue weighted by molar-refractivity contribution is 5.85. The fraction of sp³-hybridized carbons (Fsp3) is 0.407. The number of piperidine rings is 1. The standard InChI is InChI=1S/C27H30N4O2/c1-2-3-17-33-27(32)22(19-28)25-26(30-24-12-8-7-11-23(24)29-25)31-15-13-21(14-16-31)18-20-9-5-4-6-10-20/h4-12,21-22H,2-3,13-18H2,1H3/t22-/m1/s1. The quantitative estimate of drug-likeness (QED) is 0.359. The third-order valence-electron chi connectivity index (χ3n) is 6.24. The van der Waals surface area contributed by atoms with Crippen LogP contribution in [0.5, 0.6) is 0 Å². The summed E-state index contributed by atoms with van der Waals surface area (Å²) in [4.78, 5) is 24.5. The summed E-state index contributed by atoms with van der Waals surface area (Å²) >= 11 is 0. The predicted octanol–water partition coefficient (Wildman–Crippen LogP) is 5.04. The molecule has 0 aliphatic carbocycles. The fourth-order valence-electron chi connectivity index (χ4n) is 4.35. The molecule has 3 aromatic rings. The topological polar surface area (TPSA) is 79.1 Å². The number of carbonyl (C=O) groups excluding carboxylic acids is 1. The summed E-state index contributed by atoms with van der Waals surface area (Å²) in [6.07, 6.45) is 4.82. The van der Waals surface area contributed by atoms with E-state index in [0.717, 1.165) is 50.7 Å². The number of carbonyl (C=O) groups is 1. The van der Waals surface area contributed by atoms with E-state index in [2.05, 4.69) is 35.2 Å². The van der Waals surface area contributed by atoms with Gasteiger partial charge in [-0.05, 0) is 49.3 Å². The largest absolute Gasteiger partial charge is 0.464 e. The monoisotopic (exact) mass is 442 g/mol. The van der Waals surface area contributed by atoms with Crippen LogP contribution in [0.4, 0.5) is 5.82 Å². The lowest BCUT2D eigenvalue weighted by Crippen LogP contribution is -2.36. The molecule has 1 fully saturated rings. The lowest BCUT2D eigenvalue weighted by molar-refractivity contribution is -0.144. The van der Waals surface area contributed by atoms with Crippen LogP contribution in [-0.4, -0.2) is 35.6 Å². The average molecular weight is 443 g/mol. The van der Waals surface area contributed by atoms with Gasteiger partial charge in [0, 0.05) is 13.1 Å². The zero-order chi connectivity index (χ0) is 23.0. The van der Waals surface area contributed by atoms with Gasteiger partial charge in [-0.3, -0.25) is 4.79 Å². The van der Waals surface area contributed by atoms with E-state index in [1.807, 2.05) is 37.3 Å². The van der Waals surface area contributed by atoms with Gasteiger partial charge in [0.15, 0.2) is 11.7 Å². The maximum Gasteiger partial charge on any atom is 0.329 e. The maximum absolute atomic E-state index is 12.7. The minimum Gasteiger partial charge on any atom is -0.464 e. The molecule has 0 radical (unpaired) electrons. The first kappa shape index (κ1) is 22.7. The van der Waals surface area contributed by atoms with E-state index < -0.39 is 11.9 Å². The molecule has 33 heavy (non-hydrogen) atoms. The molecule has 1 aliphatic rings. The Balaban J connectivity index is 1.57. The molecule has 0 bridgehead atoms. The zero-order valence-corrected chi connectivity index (χ0v) is 19.1. The van der Waals surface area contributed by atoms with E-state index in [1.165, 1.54) is 5.56 Å². The summed E-state index contributed by atoms with van der Waals surface area (Å²) in [6.45, 7) is 3.99. The first-order valence-electron chi connectivity index (χ1n) is 11.8. The van der Waals surface area contributed by atoms with Crippen molar-refractivity contribution >= 4 is 22.8 Å². The van der Waals surface area contributed by atoms with Crippen molar-refractivity contribution in [2.24, 2.45) is 5.92 Å². The second-order valence-electron chi connectivity index (χ2n) is 8.62. The molecule has 4 rings (SSSR count). The highest BCUT2D eigenvalue weighted by Gasteiger charge is 2.31. The molecule has 0 saturated carbocycles. The van der Waals surface area contributed by atoms with Crippen LogP contribution in [-0.2, 0) is 16.0 Å². The summed E-state index contributed by atoms with van der Waals surface area (Å²) < 4.78 is 5.38. The van der Waals surface area contributed by atoms with Gasteiger partial charge in [0.2, 0.25) is 0 Å². The molecule has 2 heterocycles. The average Bonchev–Trinajstić information content (AvgIpc) is 2.85. The van der Waals surface area contributed by atoms with Crippen LogP contribution in [0.3, 0.4) is 0 Å². The number of unbranched alkanes of at least 4 members (excludes halogenated alkanes) is 1. The first-order chi connectivity index (χ1) is 16.2. The van der Waals surface area contributed by atoms with E-state index in [0.29, 0.717) is 29.6 Å². The van der Waals surface area contributed by atoms with Crippen LogP contribution in [0.25, 0.3) is 11.0 Å². The van der Waals surface area contributed by atoms with Gasteiger partial charge in [0.1, 0.15) is 5.69 Å². The maximum atomic E-state index is 12.7. The van der Waals surface area contributed by atoms with Gasteiger partial charge < -0.3 is 9.64 Å². The molecule has 1 saturated heterocycles. The number of ether oxygens (including phenoxy) is 1. The summed E-state index contributed by atoms with van der Waals surface area (Å²) in [5.74, 6) is -0.399. The van der Waals surface area contributed by atoms with Gasteiger partial charge in [-0.15, -0.1) is 0 Å². The lowest BCUT2D eigenvalue weighted by atomic mass is 9.90. The number of para-hydroxylation sites is 2. The van der Waals surface area contributed by atoms with Crippen molar-refractivity contribution < 1.29 is 9.53 Å². The van der Waals surface area contributed by atoms with Crippen molar-refractivity contribution in [3.05, 3.63) is 65.9 Å². The van der Waals surface area contributed by atoms with Crippen molar-refractivity contribution in [3.63, 3.8) is 0 Å². The first-order valence-corrected chi connectivity index (χ1v) is 11.8. The Bertz CT molecular complexity index is 1120. The predicted molar refractivity (Wildman–Crippen MR) is 129 cm³/mol. The Morgan fingerprint density at radius 3 is 2.42 bits per heavy atom. The number of fused-ring (bicyclic) bond motifs is 1. The Morgan fingerprint density at radius 1 is 1.09 bits per heavy atom. The van der Waals surface area contributed by atoms with E-state index in [-0.39, 0.29) is 0 Å². The molecule has 0 spiro atoms. The van der Waals surface area contributed by atoms with Crippen LogP contribution in [0.15, 0.2) is 54.6 Å². The van der Waals surface area contributed by atoms with Crippen LogP contribution in [0.1, 0.15) is 49.8 Å². The smallest absolute Gasteiger partial charge is 0.329 e. The molecule has 2 aromatic carbocycles. The molecule has 1 atom stereocenters. The Hall–Kier alpha value is -3.46. The number of benzene rings is 2. The number of hydrogen-bond acceptors (Lipinski definition) is 6. The molecule has 0 N–H and O–H groups in total. The van der Waals surface area contributed by atoms with Crippen molar-refractivity contribution in [1.82, 2.24) is 9.97 Å². The molecule has 6 nitrogen and oxygen atoms in total. The van der Waals surface area contributed by atoms with E-state index in [9.17, 15) is 10.1 Å². The van der Waals surface area contributed by atoms with Gasteiger partial charge >= 0.3 is 5.97 Å². The second kappa shape index (κ2) is 10.9. The molecule has 1 aromatic heterocycles. The molecular formula is C27H30N4O2. The Labute approximate surface area is 195 Å². The van der Waals surface area contributed by atoms with E-state index in [4.69, 9.17) is 14.7 Å². The third kappa shape index (κ3) is 5.48. The summed E-state index contributed by atoms with van der Waals surface area (Å²) in [5, 5.41) is 9.87. The second-order valence-corrected chi connectivity index (χ2v) is 8.62. The van der Waals surface area contributed by atoms with Gasteiger partial charge in [-0.1, -0.05) is 55.8 Å². The van der Waals surface area contributed by atoms with Crippen molar-refractivity contribution in [2.75, 3.05) is 24.6 Å². The number of hydrogen-bond donors (Lipinski definition) is 0. The van der Waals surface area contributed by atoms with Crippen LogP contribution >= 0.6 is 0 Å². The lowest BCUT2D eigenvalue weighted by Gasteiger charge is -2.34. The van der Waals surface area contributed by atoms with Gasteiger partial charge in [0.25, 0.3) is 0 Å². The van der Waals surface area contributed by atoms with Crippen molar-refractivity contribution in [2.45, 2.75) is 44.9 Å². The number of rotatable bonds is 8. The number of nitriles is 1. The third-order valence-corrected chi connectivity index (χ3v) is 6.24. The normalized spacial score (nSPS) is 15.2. The minimum atomic E-state index is -1.09. The van der Waals surface area contributed by atoms with Crippen LogP contribution in [0.2, 0.25) is 0 Å². The van der Waals surface area contributed by atoms with Crippen molar-refractivity contribution in [3.8, 4) is 6.07 Å². The Kier molecular flexibility index (Phi) is 7.51. The highest BCUT2D eigenvalue weighted by Crippen LogP contribution is 2.31. The number of aromatic nitrogens is 2. The summed E-state index contributed by atoms with van der Waals surface area (Å²) in [7, 11) is 0. The molecule has 0 unspecified atom stereocenters. The zero-order valence-electron chi connectivity index (χ0n) is 19.1.